The average molecular weight is 261 g/mol. The van der Waals surface area contributed by atoms with E-state index in [1.165, 1.54) is 4.88 Å². The van der Waals surface area contributed by atoms with Crippen molar-refractivity contribution in [3.63, 3.8) is 0 Å². The molecule has 4 N–H and O–H groups in total. The Morgan fingerprint density at radius 1 is 1.28 bits per heavy atom. The number of benzene rings is 1. The molecule has 0 bridgehead atoms. The Labute approximate surface area is 110 Å². The SMILES string of the molecule is Cc1ccc(CNC(=O)c2ccccc2NN)s1. The Hall–Kier alpha value is -1.85. The second-order valence-electron chi connectivity index (χ2n) is 3.88. The van der Waals surface area contributed by atoms with Crippen LogP contribution in [0.5, 0.6) is 0 Å². The number of anilines is 1. The van der Waals surface area contributed by atoms with Crippen LogP contribution in [-0.4, -0.2) is 5.91 Å². The maximum Gasteiger partial charge on any atom is 0.253 e. The van der Waals surface area contributed by atoms with E-state index in [2.05, 4.69) is 10.7 Å². The van der Waals surface area contributed by atoms with E-state index in [0.717, 1.165) is 4.88 Å². The highest BCUT2D eigenvalue weighted by molar-refractivity contribution is 7.11. The molecule has 0 aliphatic rings. The molecule has 0 saturated heterocycles. The predicted molar refractivity (Wildman–Crippen MR) is 74.5 cm³/mol. The Morgan fingerprint density at radius 2 is 2.06 bits per heavy atom. The number of nitrogens with one attached hydrogen (secondary N) is 2. The second-order valence-corrected chi connectivity index (χ2v) is 5.26. The standard InChI is InChI=1S/C13H15N3OS/c1-9-6-7-10(18-9)8-15-13(17)11-4-2-3-5-12(11)16-14/h2-7,16H,8,14H2,1H3,(H,15,17). The van der Waals surface area contributed by atoms with E-state index < -0.39 is 0 Å². The van der Waals surface area contributed by atoms with Crippen LogP contribution < -0.4 is 16.6 Å². The highest BCUT2D eigenvalue weighted by Gasteiger charge is 2.09. The van der Waals surface area contributed by atoms with Crippen molar-refractivity contribution in [2.75, 3.05) is 5.43 Å². The molecule has 1 aromatic carbocycles. The van der Waals surface area contributed by atoms with Gasteiger partial charge >= 0.3 is 0 Å². The van der Waals surface area contributed by atoms with Gasteiger partial charge in [0.2, 0.25) is 0 Å². The van der Waals surface area contributed by atoms with Crippen molar-refractivity contribution in [1.29, 1.82) is 0 Å². The quantitative estimate of drug-likeness (QED) is 0.584. The smallest absolute Gasteiger partial charge is 0.253 e. The molecule has 1 heterocycles. The molecule has 94 valence electrons. The summed E-state index contributed by atoms with van der Waals surface area (Å²) in [5.74, 6) is 5.24. The van der Waals surface area contributed by atoms with Gasteiger partial charge in [-0.15, -0.1) is 11.3 Å². The number of carbonyl (C=O) groups excluding carboxylic acids is 1. The number of para-hydroxylation sites is 1. The zero-order valence-corrected chi connectivity index (χ0v) is 10.9. The van der Waals surface area contributed by atoms with Gasteiger partial charge in [0.25, 0.3) is 5.91 Å². The molecule has 1 amide bonds. The third-order valence-corrected chi connectivity index (χ3v) is 3.55. The Bertz CT molecular complexity index is 551. The topological polar surface area (TPSA) is 67.2 Å². The first-order chi connectivity index (χ1) is 8.70. The number of nitrogen functional groups attached to an aromatic ring is 1. The fourth-order valence-electron chi connectivity index (χ4n) is 1.65. The largest absolute Gasteiger partial charge is 0.347 e. The zero-order valence-electron chi connectivity index (χ0n) is 10.1. The second kappa shape index (κ2) is 5.66. The fourth-order valence-corrected chi connectivity index (χ4v) is 2.48. The van der Waals surface area contributed by atoms with Crippen LogP contribution >= 0.6 is 11.3 Å². The summed E-state index contributed by atoms with van der Waals surface area (Å²) < 4.78 is 0. The van der Waals surface area contributed by atoms with Gasteiger partial charge in [-0.3, -0.25) is 10.6 Å². The van der Waals surface area contributed by atoms with Gasteiger partial charge in [0.05, 0.1) is 17.8 Å². The van der Waals surface area contributed by atoms with Gasteiger partial charge in [-0.25, -0.2) is 0 Å². The van der Waals surface area contributed by atoms with E-state index in [4.69, 9.17) is 5.84 Å². The number of hydrogen-bond acceptors (Lipinski definition) is 4. The number of rotatable bonds is 4. The highest BCUT2D eigenvalue weighted by Crippen LogP contribution is 2.16. The number of hydrogen-bond donors (Lipinski definition) is 3. The maximum absolute atomic E-state index is 12.0. The van der Waals surface area contributed by atoms with Crippen LogP contribution in [0.4, 0.5) is 5.69 Å². The van der Waals surface area contributed by atoms with Crippen LogP contribution in [0.15, 0.2) is 36.4 Å². The molecule has 4 nitrogen and oxygen atoms in total. The zero-order chi connectivity index (χ0) is 13.0. The summed E-state index contributed by atoms with van der Waals surface area (Å²) in [5.41, 5.74) is 3.69. The molecule has 0 saturated carbocycles. The summed E-state index contributed by atoms with van der Waals surface area (Å²) >= 11 is 1.68. The summed E-state index contributed by atoms with van der Waals surface area (Å²) in [5, 5.41) is 2.88. The maximum atomic E-state index is 12.0. The predicted octanol–water partition coefficient (Wildman–Crippen LogP) is 2.27. The minimum Gasteiger partial charge on any atom is -0.347 e. The van der Waals surface area contributed by atoms with Gasteiger partial charge in [0, 0.05) is 9.75 Å². The van der Waals surface area contributed by atoms with Gasteiger partial charge < -0.3 is 10.7 Å². The molecular formula is C13H15N3OS. The number of nitrogens with two attached hydrogens (primary N) is 1. The fraction of sp³-hybridized carbons (Fsp3) is 0.154. The number of aryl methyl sites for hydroxylation is 1. The number of carbonyl (C=O) groups is 1. The van der Waals surface area contributed by atoms with Gasteiger partial charge in [0.1, 0.15) is 0 Å². The molecule has 2 aromatic rings. The lowest BCUT2D eigenvalue weighted by atomic mass is 10.1. The third kappa shape index (κ3) is 2.88. The van der Waals surface area contributed by atoms with Crippen molar-refractivity contribution in [1.82, 2.24) is 5.32 Å². The van der Waals surface area contributed by atoms with Crippen LogP contribution in [0.25, 0.3) is 0 Å². The first-order valence-corrected chi connectivity index (χ1v) is 6.41. The van der Waals surface area contributed by atoms with Crippen molar-refractivity contribution >= 4 is 22.9 Å². The molecule has 18 heavy (non-hydrogen) atoms. The average Bonchev–Trinajstić information content (AvgIpc) is 2.81. The first kappa shape index (κ1) is 12.6. The number of hydrazine groups is 1. The van der Waals surface area contributed by atoms with Gasteiger partial charge in [-0.1, -0.05) is 12.1 Å². The molecule has 0 spiro atoms. The van der Waals surface area contributed by atoms with Gasteiger partial charge in [-0.05, 0) is 31.2 Å². The molecule has 0 radical (unpaired) electrons. The van der Waals surface area contributed by atoms with Crippen molar-refractivity contribution in [2.45, 2.75) is 13.5 Å². The molecule has 0 aliphatic heterocycles. The molecule has 1 aromatic heterocycles. The molecule has 0 unspecified atom stereocenters. The number of amides is 1. The van der Waals surface area contributed by atoms with Crippen molar-refractivity contribution in [3.8, 4) is 0 Å². The summed E-state index contributed by atoms with van der Waals surface area (Å²) in [7, 11) is 0. The summed E-state index contributed by atoms with van der Waals surface area (Å²) in [4.78, 5) is 14.4. The van der Waals surface area contributed by atoms with Crippen LogP contribution in [0.3, 0.4) is 0 Å². The van der Waals surface area contributed by atoms with E-state index in [0.29, 0.717) is 17.8 Å². The van der Waals surface area contributed by atoms with Gasteiger partial charge in [-0.2, -0.15) is 0 Å². The van der Waals surface area contributed by atoms with E-state index in [1.54, 1.807) is 23.5 Å². The summed E-state index contributed by atoms with van der Waals surface area (Å²) in [6.45, 7) is 2.58. The van der Waals surface area contributed by atoms with Crippen molar-refractivity contribution in [2.24, 2.45) is 5.84 Å². The van der Waals surface area contributed by atoms with Crippen LogP contribution in [0.1, 0.15) is 20.1 Å². The van der Waals surface area contributed by atoms with E-state index in [9.17, 15) is 4.79 Å². The van der Waals surface area contributed by atoms with Gasteiger partial charge in [0.15, 0.2) is 0 Å². The first-order valence-electron chi connectivity index (χ1n) is 5.60. The lowest BCUT2D eigenvalue weighted by molar-refractivity contribution is 0.0952. The summed E-state index contributed by atoms with van der Waals surface area (Å²) in [6, 6.07) is 11.2. The molecule has 0 aliphatic carbocycles. The highest BCUT2D eigenvalue weighted by atomic mass is 32.1. The summed E-state index contributed by atoms with van der Waals surface area (Å²) in [6.07, 6.45) is 0. The molecule has 0 atom stereocenters. The molecule has 2 rings (SSSR count). The Morgan fingerprint density at radius 3 is 2.72 bits per heavy atom. The van der Waals surface area contributed by atoms with Crippen LogP contribution in [-0.2, 0) is 6.54 Å². The van der Waals surface area contributed by atoms with E-state index in [1.807, 2.05) is 31.2 Å². The monoisotopic (exact) mass is 261 g/mol. The number of thiophene rings is 1. The Kier molecular flexibility index (Phi) is 3.96. The van der Waals surface area contributed by atoms with Crippen LogP contribution in [0, 0.1) is 6.92 Å². The molecular weight excluding hydrogens is 246 g/mol. The third-order valence-electron chi connectivity index (χ3n) is 2.55. The van der Waals surface area contributed by atoms with Crippen molar-refractivity contribution in [3.05, 3.63) is 51.7 Å². The lowest BCUT2D eigenvalue weighted by Gasteiger charge is -2.08. The minimum absolute atomic E-state index is 0.130. The van der Waals surface area contributed by atoms with Crippen LogP contribution in [0.2, 0.25) is 0 Å². The lowest BCUT2D eigenvalue weighted by Crippen LogP contribution is -2.24. The molecule has 0 fully saturated rings. The Balaban J connectivity index is 2.03. The normalized spacial score (nSPS) is 10.1. The minimum atomic E-state index is -0.130. The molecule has 5 heteroatoms. The van der Waals surface area contributed by atoms with E-state index >= 15 is 0 Å². The van der Waals surface area contributed by atoms with Crippen molar-refractivity contribution < 1.29 is 4.79 Å². The van der Waals surface area contributed by atoms with E-state index in [-0.39, 0.29) is 5.91 Å².